The SMILES string of the molecule is O=C(NCCc1cccc2c1NCCC2)N1CCCC1. The molecule has 108 valence electrons. The smallest absolute Gasteiger partial charge is 0.317 e. The number of carbonyl (C=O) groups excluding carboxylic acids is 1. The molecule has 1 fully saturated rings. The highest BCUT2D eigenvalue weighted by molar-refractivity contribution is 5.74. The Morgan fingerprint density at radius 1 is 1.25 bits per heavy atom. The van der Waals surface area contributed by atoms with Crippen LogP contribution in [0.1, 0.15) is 30.4 Å². The lowest BCUT2D eigenvalue weighted by Gasteiger charge is -2.22. The molecule has 0 aromatic heterocycles. The Morgan fingerprint density at radius 2 is 2.10 bits per heavy atom. The molecule has 1 saturated heterocycles. The van der Waals surface area contributed by atoms with Crippen LogP contribution in [0.4, 0.5) is 10.5 Å². The van der Waals surface area contributed by atoms with Crippen LogP contribution in [0.5, 0.6) is 0 Å². The topological polar surface area (TPSA) is 44.4 Å². The van der Waals surface area contributed by atoms with E-state index in [1.165, 1.54) is 23.2 Å². The molecule has 0 saturated carbocycles. The fourth-order valence-electron chi connectivity index (χ4n) is 3.13. The third-order valence-electron chi connectivity index (χ3n) is 4.23. The molecular formula is C16H23N3O. The molecule has 2 N–H and O–H groups in total. The molecule has 0 aliphatic carbocycles. The Bertz CT molecular complexity index is 481. The van der Waals surface area contributed by atoms with Gasteiger partial charge in [-0.2, -0.15) is 0 Å². The number of nitrogens with one attached hydrogen (secondary N) is 2. The van der Waals surface area contributed by atoms with E-state index in [1.807, 2.05) is 4.90 Å². The first-order valence-electron chi connectivity index (χ1n) is 7.72. The van der Waals surface area contributed by atoms with Crippen LogP contribution in [-0.2, 0) is 12.8 Å². The van der Waals surface area contributed by atoms with Crippen molar-refractivity contribution < 1.29 is 4.79 Å². The number of hydrogen-bond acceptors (Lipinski definition) is 2. The van der Waals surface area contributed by atoms with Crippen LogP contribution in [0.15, 0.2) is 18.2 Å². The molecule has 4 heteroatoms. The second-order valence-electron chi connectivity index (χ2n) is 5.66. The van der Waals surface area contributed by atoms with Gasteiger partial charge in [-0.05, 0) is 43.2 Å². The lowest BCUT2D eigenvalue weighted by atomic mass is 9.98. The molecule has 2 aliphatic heterocycles. The number of anilines is 1. The van der Waals surface area contributed by atoms with Crippen molar-refractivity contribution in [1.29, 1.82) is 0 Å². The summed E-state index contributed by atoms with van der Waals surface area (Å²) in [6.07, 6.45) is 5.56. The van der Waals surface area contributed by atoms with Crippen molar-refractivity contribution in [1.82, 2.24) is 10.2 Å². The first-order chi connectivity index (χ1) is 9.84. The fraction of sp³-hybridized carbons (Fsp3) is 0.562. The number of benzene rings is 1. The number of likely N-dealkylation sites (tertiary alicyclic amines) is 1. The number of carbonyl (C=O) groups is 1. The first-order valence-corrected chi connectivity index (χ1v) is 7.72. The molecule has 0 radical (unpaired) electrons. The van der Waals surface area contributed by atoms with E-state index in [-0.39, 0.29) is 6.03 Å². The fourth-order valence-corrected chi connectivity index (χ4v) is 3.13. The number of nitrogens with zero attached hydrogens (tertiary/aromatic N) is 1. The Hall–Kier alpha value is -1.71. The molecule has 1 aromatic rings. The van der Waals surface area contributed by atoms with E-state index in [0.717, 1.165) is 45.3 Å². The van der Waals surface area contributed by atoms with Gasteiger partial charge in [0.25, 0.3) is 0 Å². The predicted molar refractivity (Wildman–Crippen MR) is 81.2 cm³/mol. The second-order valence-corrected chi connectivity index (χ2v) is 5.66. The molecule has 0 spiro atoms. The highest BCUT2D eigenvalue weighted by atomic mass is 16.2. The number of para-hydroxylation sites is 1. The van der Waals surface area contributed by atoms with Gasteiger partial charge in [-0.25, -0.2) is 4.79 Å². The normalized spacial score (nSPS) is 17.5. The molecule has 2 heterocycles. The van der Waals surface area contributed by atoms with Gasteiger partial charge in [-0.15, -0.1) is 0 Å². The van der Waals surface area contributed by atoms with Crippen LogP contribution in [0, 0.1) is 0 Å². The van der Waals surface area contributed by atoms with E-state index in [4.69, 9.17) is 0 Å². The first kappa shape index (κ1) is 13.3. The molecule has 2 amide bonds. The molecule has 1 aromatic carbocycles. The zero-order valence-electron chi connectivity index (χ0n) is 12.0. The number of rotatable bonds is 3. The molecule has 0 bridgehead atoms. The maximum absolute atomic E-state index is 11.9. The standard InChI is InChI=1S/C16H23N3O/c20-16(19-11-1-2-12-19)18-10-8-14-6-3-5-13-7-4-9-17-15(13)14/h3,5-6,17H,1-2,4,7-12H2,(H,18,20). The van der Waals surface area contributed by atoms with Crippen molar-refractivity contribution in [2.45, 2.75) is 32.1 Å². The van der Waals surface area contributed by atoms with E-state index >= 15 is 0 Å². The third-order valence-corrected chi connectivity index (χ3v) is 4.23. The lowest BCUT2D eigenvalue weighted by molar-refractivity contribution is 0.209. The summed E-state index contributed by atoms with van der Waals surface area (Å²) in [5, 5.41) is 6.54. The molecule has 2 aliphatic rings. The third kappa shape index (κ3) is 2.89. The molecule has 20 heavy (non-hydrogen) atoms. The number of urea groups is 1. The zero-order valence-corrected chi connectivity index (χ0v) is 12.0. The highest BCUT2D eigenvalue weighted by Crippen LogP contribution is 2.26. The van der Waals surface area contributed by atoms with Gasteiger partial charge in [0.05, 0.1) is 0 Å². The number of amides is 2. The minimum atomic E-state index is 0.0975. The van der Waals surface area contributed by atoms with Crippen LogP contribution in [0.2, 0.25) is 0 Å². The van der Waals surface area contributed by atoms with Gasteiger partial charge < -0.3 is 15.5 Å². The van der Waals surface area contributed by atoms with Crippen LogP contribution in [0.25, 0.3) is 0 Å². The maximum Gasteiger partial charge on any atom is 0.317 e. The Balaban J connectivity index is 1.54. The van der Waals surface area contributed by atoms with E-state index in [2.05, 4.69) is 28.8 Å². The summed E-state index contributed by atoms with van der Waals surface area (Å²) in [4.78, 5) is 13.8. The predicted octanol–water partition coefficient (Wildman–Crippen LogP) is 2.39. The molecule has 3 rings (SSSR count). The van der Waals surface area contributed by atoms with Crippen LogP contribution in [0.3, 0.4) is 0 Å². The van der Waals surface area contributed by atoms with E-state index in [0.29, 0.717) is 6.54 Å². The Labute approximate surface area is 120 Å². The van der Waals surface area contributed by atoms with E-state index < -0.39 is 0 Å². The Morgan fingerprint density at radius 3 is 2.95 bits per heavy atom. The molecule has 0 unspecified atom stereocenters. The van der Waals surface area contributed by atoms with Crippen molar-refractivity contribution >= 4 is 11.7 Å². The number of hydrogen-bond donors (Lipinski definition) is 2. The number of aryl methyl sites for hydroxylation is 1. The van der Waals surface area contributed by atoms with Crippen LogP contribution in [-0.4, -0.2) is 37.1 Å². The van der Waals surface area contributed by atoms with Crippen molar-refractivity contribution in [3.05, 3.63) is 29.3 Å². The summed E-state index contributed by atoms with van der Waals surface area (Å²) in [5.41, 5.74) is 4.04. The van der Waals surface area contributed by atoms with Crippen molar-refractivity contribution in [2.24, 2.45) is 0 Å². The van der Waals surface area contributed by atoms with E-state index in [9.17, 15) is 4.79 Å². The summed E-state index contributed by atoms with van der Waals surface area (Å²) in [5.74, 6) is 0. The Kier molecular flexibility index (Phi) is 4.09. The van der Waals surface area contributed by atoms with Crippen molar-refractivity contribution in [3.63, 3.8) is 0 Å². The van der Waals surface area contributed by atoms with Gasteiger partial charge in [0.1, 0.15) is 0 Å². The monoisotopic (exact) mass is 273 g/mol. The summed E-state index contributed by atoms with van der Waals surface area (Å²) < 4.78 is 0. The second kappa shape index (κ2) is 6.16. The van der Waals surface area contributed by atoms with Gasteiger partial charge in [0, 0.05) is 31.9 Å². The minimum absolute atomic E-state index is 0.0975. The summed E-state index contributed by atoms with van der Waals surface area (Å²) in [6.45, 7) is 3.60. The average molecular weight is 273 g/mol. The maximum atomic E-state index is 11.9. The molecule has 4 nitrogen and oxygen atoms in total. The van der Waals surface area contributed by atoms with Crippen LogP contribution < -0.4 is 10.6 Å². The molecular weight excluding hydrogens is 250 g/mol. The largest absolute Gasteiger partial charge is 0.385 e. The number of fused-ring (bicyclic) bond motifs is 1. The van der Waals surface area contributed by atoms with Gasteiger partial charge in [-0.3, -0.25) is 0 Å². The van der Waals surface area contributed by atoms with Gasteiger partial charge in [0.15, 0.2) is 0 Å². The van der Waals surface area contributed by atoms with Crippen LogP contribution >= 0.6 is 0 Å². The van der Waals surface area contributed by atoms with Gasteiger partial charge in [0.2, 0.25) is 0 Å². The quantitative estimate of drug-likeness (QED) is 0.888. The van der Waals surface area contributed by atoms with Crippen molar-refractivity contribution in [2.75, 3.05) is 31.5 Å². The average Bonchev–Trinajstić information content (AvgIpc) is 3.02. The molecule has 0 atom stereocenters. The van der Waals surface area contributed by atoms with Gasteiger partial charge >= 0.3 is 6.03 Å². The van der Waals surface area contributed by atoms with Crippen molar-refractivity contribution in [3.8, 4) is 0 Å². The van der Waals surface area contributed by atoms with Gasteiger partial charge in [-0.1, -0.05) is 18.2 Å². The minimum Gasteiger partial charge on any atom is -0.385 e. The highest BCUT2D eigenvalue weighted by Gasteiger charge is 2.17. The summed E-state index contributed by atoms with van der Waals surface area (Å²) in [6, 6.07) is 6.59. The summed E-state index contributed by atoms with van der Waals surface area (Å²) in [7, 11) is 0. The zero-order chi connectivity index (χ0) is 13.8. The lowest BCUT2D eigenvalue weighted by Crippen LogP contribution is -2.38. The van der Waals surface area contributed by atoms with E-state index in [1.54, 1.807) is 0 Å². The summed E-state index contributed by atoms with van der Waals surface area (Å²) >= 11 is 0.